The highest BCUT2D eigenvalue weighted by Crippen LogP contribution is 2.42. The van der Waals surface area contributed by atoms with E-state index in [1.165, 1.54) is 4.90 Å². The first-order valence-electron chi connectivity index (χ1n) is 10.8. The van der Waals surface area contributed by atoms with Crippen molar-refractivity contribution in [1.82, 2.24) is 9.88 Å². The third-order valence-electron chi connectivity index (χ3n) is 5.81. The molecule has 3 heterocycles. The maximum absolute atomic E-state index is 13.7. The third kappa shape index (κ3) is 4.40. The predicted octanol–water partition coefficient (Wildman–Crippen LogP) is 4.24. The van der Waals surface area contributed by atoms with Crippen LogP contribution in [-0.2, 0) is 20.7 Å². The molecule has 2 aromatic carbocycles. The van der Waals surface area contributed by atoms with Crippen LogP contribution < -0.4 is 5.73 Å². The van der Waals surface area contributed by atoms with Gasteiger partial charge in [0.1, 0.15) is 21.5 Å². The lowest BCUT2D eigenvalue weighted by Gasteiger charge is -2.48. The second-order valence-corrected chi connectivity index (χ2v) is 11.2. The number of benzene rings is 2. The number of amides is 1. The molecule has 1 amide bonds. The van der Waals surface area contributed by atoms with E-state index in [0.29, 0.717) is 17.9 Å². The first-order valence-corrected chi connectivity index (χ1v) is 13.9. The van der Waals surface area contributed by atoms with Gasteiger partial charge in [-0.3, -0.25) is 9.69 Å². The Labute approximate surface area is 210 Å². The topological polar surface area (TPSA) is 85.5 Å². The van der Waals surface area contributed by atoms with E-state index in [1.54, 1.807) is 34.9 Å². The van der Waals surface area contributed by atoms with Gasteiger partial charge in [-0.1, -0.05) is 72.4 Å². The van der Waals surface area contributed by atoms with Gasteiger partial charge < -0.3 is 10.5 Å². The van der Waals surface area contributed by atoms with Crippen molar-refractivity contribution in [1.29, 1.82) is 0 Å². The number of esters is 1. The van der Waals surface area contributed by atoms with Crippen molar-refractivity contribution in [3.05, 3.63) is 94.1 Å². The average Bonchev–Trinajstić information content (AvgIpc) is 3.35. The predicted molar refractivity (Wildman–Crippen MR) is 137 cm³/mol. The van der Waals surface area contributed by atoms with Crippen LogP contribution in [0.15, 0.2) is 82.5 Å². The summed E-state index contributed by atoms with van der Waals surface area (Å²) < 4.78 is 7.10. The molecule has 34 heavy (non-hydrogen) atoms. The number of nitrogens with two attached hydrogens (primary N) is 1. The maximum Gasteiger partial charge on any atom is 0.356 e. The molecule has 2 aliphatic heterocycles. The molecule has 0 saturated carbocycles. The van der Waals surface area contributed by atoms with Crippen LogP contribution in [0.5, 0.6) is 0 Å². The monoisotopic (exact) mass is 509 g/mol. The second-order valence-electron chi connectivity index (χ2n) is 7.97. The Morgan fingerprint density at radius 2 is 1.82 bits per heavy atom. The molecule has 5 rings (SSSR count). The summed E-state index contributed by atoms with van der Waals surface area (Å²) in [6.07, 6.45) is 3.78. The molecule has 6 nitrogen and oxygen atoms in total. The average molecular weight is 510 g/mol. The molecular formula is C25H23N3O3S3. The SMILES string of the molecule is CSc1ncc(CC2=C(C(=O)OC(c3ccccc3)c3ccccc3)N3C(=O)C(N)C3SC2)s1. The number of aromatic nitrogens is 1. The van der Waals surface area contributed by atoms with E-state index >= 15 is 0 Å². The van der Waals surface area contributed by atoms with Crippen LogP contribution in [0.1, 0.15) is 22.1 Å². The molecule has 3 aromatic rings. The fourth-order valence-electron chi connectivity index (χ4n) is 4.13. The Bertz CT molecular complexity index is 1190. The molecule has 0 radical (unpaired) electrons. The quantitative estimate of drug-likeness (QED) is 0.290. The van der Waals surface area contributed by atoms with E-state index < -0.39 is 18.1 Å². The van der Waals surface area contributed by atoms with Crippen molar-refractivity contribution < 1.29 is 14.3 Å². The summed E-state index contributed by atoms with van der Waals surface area (Å²) in [4.78, 5) is 33.4. The van der Waals surface area contributed by atoms with Crippen LogP contribution in [0.3, 0.4) is 0 Å². The first kappa shape index (κ1) is 23.2. The van der Waals surface area contributed by atoms with E-state index in [0.717, 1.165) is 25.9 Å². The van der Waals surface area contributed by atoms with E-state index in [1.807, 2.05) is 73.1 Å². The summed E-state index contributed by atoms with van der Waals surface area (Å²) in [6, 6.07) is 18.7. The zero-order valence-corrected chi connectivity index (χ0v) is 20.9. The van der Waals surface area contributed by atoms with Crippen LogP contribution in [0.2, 0.25) is 0 Å². The second kappa shape index (κ2) is 9.95. The molecular weight excluding hydrogens is 486 g/mol. The highest BCUT2D eigenvalue weighted by molar-refractivity contribution is 8.00. The van der Waals surface area contributed by atoms with Crippen molar-refractivity contribution in [2.24, 2.45) is 5.73 Å². The summed E-state index contributed by atoms with van der Waals surface area (Å²) in [5, 5.41) is -0.242. The van der Waals surface area contributed by atoms with Crippen LogP contribution in [0, 0.1) is 0 Å². The molecule has 1 saturated heterocycles. The summed E-state index contributed by atoms with van der Waals surface area (Å²) in [5.74, 6) is -0.139. The summed E-state index contributed by atoms with van der Waals surface area (Å²) in [7, 11) is 0. The summed E-state index contributed by atoms with van der Waals surface area (Å²) >= 11 is 4.78. The van der Waals surface area contributed by atoms with Crippen molar-refractivity contribution in [2.75, 3.05) is 12.0 Å². The lowest BCUT2D eigenvalue weighted by molar-refractivity contribution is -0.153. The number of thiazole rings is 1. The van der Waals surface area contributed by atoms with Gasteiger partial charge in [-0.15, -0.1) is 23.1 Å². The number of hydrogen-bond donors (Lipinski definition) is 1. The van der Waals surface area contributed by atoms with Crippen LogP contribution in [0.25, 0.3) is 0 Å². The van der Waals surface area contributed by atoms with Gasteiger partial charge in [0.2, 0.25) is 5.91 Å². The lowest BCUT2D eigenvalue weighted by atomic mass is 10.00. The van der Waals surface area contributed by atoms with Gasteiger partial charge in [-0.05, 0) is 23.0 Å². The number of rotatable bonds is 7. The van der Waals surface area contributed by atoms with E-state index in [9.17, 15) is 9.59 Å². The van der Waals surface area contributed by atoms with E-state index in [2.05, 4.69) is 4.98 Å². The number of β-lactam (4-membered cyclic amide) rings is 1. The van der Waals surface area contributed by atoms with Crippen LogP contribution >= 0.6 is 34.9 Å². The maximum atomic E-state index is 13.7. The number of carbonyl (C=O) groups excluding carboxylic acids is 2. The van der Waals surface area contributed by atoms with Gasteiger partial charge in [0.15, 0.2) is 6.10 Å². The molecule has 1 fully saturated rings. The van der Waals surface area contributed by atoms with Gasteiger partial charge >= 0.3 is 5.97 Å². The van der Waals surface area contributed by atoms with Gasteiger partial charge in [-0.25, -0.2) is 9.78 Å². The fraction of sp³-hybridized carbons (Fsp3) is 0.240. The number of thioether (sulfide) groups is 2. The van der Waals surface area contributed by atoms with Gasteiger partial charge in [0.05, 0.1) is 0 Å². The number of ether oxygens (including phenoxy) is 1. The largest absolute Gasteiger partial charge is 0.448 e. The van der Waals surface area contributed by atoms with Crippen molar-refractivity contribution in [3.63, 3.8) is 0 Å². The summed E-state index contributed by atoms with van der Waals surface area (Å²) in [6.45, 7) is 0. The molecule has 2 aliphatic rings. The zero-order valence-electron chi connectivity index (χ0n) is 18.4. The molecule has 0 bridgehead atoms. The van der Waals surface area contributed by atoms with E-state index in [-0.39, 0.29) is 11.3 Å². The molecule has 1 aromatic heterocycles. The molecule has 174 valence electrons. The minimum absolute atomic E-state index is 0.242. The lowest BCUT2D eigenvalue weighted by Crippen LogP contribution is -2.68. The molecule has 9 heteroatoms. The zero-order chi connectivity index (χ0) is 23.7. The number of hydrogen-bond acceptors (Lipinski definition) is 8. The minimum Gasteiger partial charge on any atom is -0.448 e. The molecule has 0 aliphatic carbocycles. The fourth-order valence-corrected chi connectivity index (χ4v) is 6.91. The van der Waals surface area contributed by atoms with Gasteiger partial charge in [-0.2, -0.15) is 0 Å². The Balaban J connectivity index is 1.50. The normalized spacial score (nSPS) is 19.7. The van der Waals surface area contributed by atoms with Crippen molar-refractivity contribution in [3.8, 4) is 0 Å². The van der Waals surface area contributed by atoms with Crippen LogP contribution in [-0.4, -0.2) is 45.2 Å². The standard InChI is InChI=1S/C25H23N3O3S3/c1-32-25-27-13-18(34-25)12-17-14-33-23-19(26)22(29)28(23)20(17)24(30)31-21(15-8-4-2-5-9-15)16-10-6-3-7-11-16/h2-11,13,19,21,23H,12,14,26H2,1H3. The highest BCUT2D eigenvalue weighted by atomic mass is 32.2. The number of nitrogens with zero attached hydrogens (tertiary/aromatic N) is 2. The van der Waals surface area contributed by atoms with E-state index in [4.69, 9.17) is 10.5 Å². The molecule has 2 unspecified atom stereocenters. The highest BCUT2D eigenvalue weighted by Gasteiger charge is 2.52. The van der Waals surface area contributed by atoms with Crippen molar-refractivity contribution >= 4 is 46.7 Å². The Morgan fingerprint density at radius 1 is 1.18 bits per heavy atom. The molecule has 2 atom stereocenters. The minimum atomic E-state index is -0.597. The third-order valence-corrected chi connectivity index (χ3v) is 9.16. The molecule has 0 spiro atoms. The number of carbonyl (C=O) groups is 2. The van der Waals surface area contributed by atoms with Crippen LogP contribution in [0.4, 0.5) is 0 Å². The van der Waals surface area contributed by atoms with Crippen molar-refractivity contribution in [2.45, 2.75) is 28.3 Å². The first-order chi connectivity index (χ1) is 16.6. The Hall–Kier alpha value is -2.59. The Morgan fingerprint density at radius 3 is 2.41 bits per heavy atom. The Kier molecular flexibility index (Phi) is 6.78. The summed E-state index contributed by atoms with van der Waals surface area (Å²) in [5.41, 5.74) is 8.96. The van der Waals surface area contributed by atoms with Gasteiger partial charge in [0.25, 0.3) is 0 Å². The smallest absolute Gasteiger partial charge is 0.356 e. The number of fused-ring (bicyclic) bond motifs is 1. The van der Waals surface area contributed by atoms with Gasteiger partial charge in [0, 0.05) is 23.2 Å². The molecule has 2 N–H and O–H groups in total.